The highest BCUT2D eigenvalue weighted by atomic mass is 32.1. The quantitative estimate of drug-likeness (QED) is 0.845. The summed E-state index contributed by atoms with van der Waals surface area (Å²) >= 11 is 1.62. The highest BCUT2D eigenvalue weighted by Gasteiger charge is 2.12. The Bertz CT molecular complexity index is 602. The fourth-order valence-corrected chi connectivity index (χ4v) is 2.41. The molecule has 0 saturated carbocycles. The molecule has 0 spiro atoms. The second kappa shape index (κ2) is 5.18. The van der Waals surface area contributed by atoms with Crippen LogP contribution in [0.4, 0.5) is 0 Å². The number of rotatable bonds is 3. The maximum Gasteiger partial charge on any atom is 0.255 e. The molecule has 2 rings (SSSR count). The van der Waals surface area contributed by atoms with Gasteiger partial charge in [0.15, 0.2) is 0 Å². The van der Waals surface area contributed by atoms with Crippen molar-refractivity contribution in [3.8, 4) is 0 Å². The van der Waals surface area contributed by atoms with Crippen LogP contribution in [0.3, 0.4) is 0 Å². The van der Waals surface area contributed by atoms with Gasteiger partial charge in [0.2, 0.25) is 5.56 Å². The van der Waals surface area contributed by atoms with Crippen molar-refractivity contribution in [2.24, 2.45) is 7.05 Å². The number of thiophene rings is 1. The van der Waals surface area contributed by atoms with Gasteiger partial charge in [0, 0.05) is 31.2 Å². The first-order valence-electron chi connectivity index (χ1n) is 5.52. The topological polar surface area (TPSA) is 42.3 Å². The highest BCUT2D eigenvalue weighted by Crippen LogP contribution is 2.12. The van der Waals surface area contributed by atoms with E-state index in [-0.39, 0.29) is 11.5 Å². The van der Waals surface area contributed by atoms with Gasteiger partial charge >= 0.3 is 0 Å². The van der Waals surface area contributed by atoms with Gasteiger partial charge in [-0.2, -0.15) is 0 Å². The Morgan fingerprint density at radius 2 is 2.17 bits per heavy atom. The number of hydrogen-bond acceptors (Lipinski definition) is 3. The number of amides is 1. The van der Waals surface area contributed by atoms with E-state index in [0.29, 0.717) is 12.1 Å². The predicted molar refractivity (Wildman–Crippen MR) is 71.8 cm³/mol. The Morgan fingerprint density at radius 3 is 2.78 bits per heavy atom. The number of aromatic nitrogens is 1. The lowest BCUT2D eigenvalue weighted by Gasteiger charge is -2.16. The molecule has 0 aliphatic carbocycles. The second-order valence-corrected chi connectivity index (χ2v) is 5.14. The average Bonchev–Trinajstić information content (AvgIpc) is 2.84. The molecule has 0 aliphatic heterocycles. The van der Waals surface area contributed by atoms with E-state index in [1.54, 1.807) is 42.6 Å². The molecule has 2 aromatic rings. The first-order chi connectivity index (χ1) is 8.58. The standard InChI is InChI=1S/C13H14N2O2S/c1-14-8-10(5-6-12(14)16)13(17)15(2)9-11-4-3-7-18-11/h3-8H,9H2,1-2H3. The summed E-state index contributed by atoms with van der Waals surface area (Å²) in [5, 5.41) is 1.99. The minimum Gasteiger partial charge on any atom is -0.337 e. The van der Waals surface area contributed by atoms with Crippen LogP contribution < -0.4 is 5.56 Å². The summed E-state index contributed by atoms with van der Waals surface area (Å²) in [7, 11) is 3.39. The van der Waals surface area contributed by atoms with Gasteiger partial charge in [-0.05, 0) is 17.5 Å². The number of nitrogens with zero attached hydrogens (tertiary/aromatic N) is 2. The van der Waals surface area contributed by atoms with Gasteiger partial charge in [0.25, 0.3) is 5.91 Å². The molecule has 2 aromatic heterocycles. The monoisotopic (exact) mass is 262 g/mol. The molecule has 5 heteroatoms. The predicted octanol–water partition coefficient (Wildman–Crippen LogP) is 1.72. The van der Waals surface area contributed by atoms with Crippen LogP contribution in [-0.4, -0.2) is 22.4 Å². The summed E-state index contributed by atoms with van der Waals surface area (Å²) in [4.78, 5) is 26.2. The van der Waals surface area contributed by atoms with E-state index in [0.717, 1.165) is 4.88 Å². The van der Waals surface area contributed by atoms with Crippen molar-refractivity contribution in [3.05, 3.63) is 56.6 Å². The van der Waals surface area contributed by atoms with Gasteiger partial charge in [-0.1, -0.05) is 6.07 Å². The van der Waals surface area contributed by atoms with Crippen LogP contribution in [0.25, 0.3) is 0 Å². The van der Waals surface area contributed by atoms with Crippen molar-refractivity contribution in [2.45, 2.75) is 6.54 Å². The number of pyridine rings is 1. The maximum atomic E-state index is 12.1. The third kappa shape index (κ3) is 2.68. The Hall–Kier alpha value is -1.88. The van der Waals surface area contributed by atoms with Crippen LogP contribution >= 0.6 is 11.3 Å². The molecule has 0 radical (unpaired) electrons. The van der Waals surface area contributed by atoms with Gasteiger partial charge in [0.1, 0.15) is 0 Å². The number of aryl methyl sites for hydroxylation is 1. The van der Waals surface area contributed by atoms with Crippen molar-refractivity contribution in [1.82, 2.24) is 9.47 Å². The molecule has 0 bridgehead atoms. The first kappa shape index (κ1) is 12.6. The lowest BCUT2D eigenvalue weighted by Crippen LogP contribution is -2.27. The lowest BCUT2D eigenvalue weighted by atomic mass is 10.2. The molecule has 18 heavy (non-hydrogen) atoms. The second-order valence-electron chi connectivity index (χ2n) is 4.11. The van der Waals surface area contributed by atoms with Crippen molar-refractivity contribution in [2.75, 3.05) is 7.05 Å². The van der Waals surface area contributed by atoms with Gasteiger partial charge in [-0.3, -0.25) is 9.59 Å². The minimum absolute atomic E-state index is 0.0843. The van der Waals surface area contributed by atoms with Gasteiger partial charge < -0.3 is 9.47 Å². The summed E-state index contributed by atoms with van der Waals surface area (Å²) < 4.78 is 1.41. The summed E-state index contributed by atoms with van der Waals surface area (Å²) in [6, 6.07) is 6.93. The molecule has 0 fully saturated rings. The number of hydrogen-bond donors (Lipinski definition) is 0. The van der Waals surface area contributed by atoms with E-state index in [4.69, 9.17) is 0 Å². The molecule has 2 heterocycles. The van der Waals surface area contributed by atoms with Crippen LogP contribution in [0.5, 0.6) is 0 Å². The normalized spacial score (nSPS) is 10.3. The summed E-state index contributed by atoms with van der Waals surface area (Å²) in [5.74, 6) is -0.0843. The molecule has 1 amide bonds. The molecular weight excluding hydrogens is 248 g/mol. The summed E-state index contributed by atoms with van der Waals surface area (Å²) in [6.45, 7) is 0.583. The minimum atomic E-state index is -0.118. The zero-order valence-electron chi connectivity index (χ0n) is 10.3. The van der Waals surface area contributed by atoms with Crippen LogP contribution in [-0.2, 0) is 13.6 Å². The van der Waals surface area contributed by atoms with E-state index >= 15 is 0 Å². The van der Waals surface area contributed by atoms with E-state index in [1.807, 2.05) is 17.5 Å². The SMILES string of the molecule is CN(Cc1cccs1)C(=O)c1ccc(=O)n(C)c1. The van der Waals surface area contributed by atoms with E-state index < -0.39 is 0 Å². The Morgan fingerprint density at radius 1 is 1.39 bits per heavy atom. The summed E-state index contributed by atoms with van der Waals surface area (Å²) in [6.07, 6.45) is 1.57. The smallest absolute Gasteiger partial charge is 0.255 e. The maximum absolute atomic E-state index is 12.1. The molecule has 94 valence electrons. The van der Waals surface area contributed by atoms with Crippen molar-refractivity contribution < 1.29 is 4.79 Å². The molecule has 0 saturated heterocycles. The zero-order valence-corrected chi connectivity index (χ0v) is 11.1. The fraction of sp³-hybridized carbons (Fsp3) is 0.231. The largest absolute Gasteiger partial charge is 0.337 e. The number of carbonyl (C=O) groups excluding carboxylic acids is 1. The Balaban J connectivity index is 2.15. The third-order valence-corrected chi connectivity index (χ3v) is 3.51. The highest BCUT2D eigenvalue weighted by molar-refractivity contribution is 7.09. The number of carbonyl (C=O) groups is 1. The van der Waals surface area contributed by atoms with Crippen molar-refractivity contribution >= 4 is 17.2 Å². The summed E-state index contributed by atoms with van der Waals surface area (Å²) in [5.41, 5.74) is 0.406. The van der Waals surface area contributed by atoms with Crippen LogP contribution in [0.15, 0.2) is 40.6 Å². The van der Waals surface area contributed by atoms with Crippen LogP contribution in [0, 0.1) is 0 Å². The van der Waals surface area contributed by atoms with Crippen molar-refractivity contribution in [3.63, 3.8) is 0 Å². The molecule has 0 aromatic carbocycles. The zero-order chi connectivity index (χ0) is 13.1. The van der Waals surface area contributed by atoms with E-state index in [2.05, 4.69) is 0 Å². The molecule has 0 unspecified atom stereocenters. The van der Waals surface area contributed by atoms with Crippen LogP contribution in [0.1, 0.15) is 15.2 Å². The van der Waals surface area contributed by atoms with Crippen molar-refractivity contribution in [1.29, 1.82) is 0 Å². The molecule has 4 nitrogen and oxygen atoms in total. The van der Waals surface area contributed by atoms with E-state index in [9.17, 15) is 9.59 Å². The van der Waals surface area contributed by atoms with Gasteiger partial charge in [0.05, 0.1) is 12.1 Å². The average molecular weight is 262 g/mol. The lowest BCUT2D eigenvalue weighted by molar-refractivity contribution is 0.0785. The third-order valence-electron chi connectivity index (χ3n) is 2.65. The first-order valence-corrected chi connectivity index (χ1v) is 6.40. The van der Waals surface area contributed by atoms with Crippen LogP contribution in [0.2, 0.25) is 0 Å². The molecule has 0 atom stereocenters. The fourth-order valence-electron chi connectivity index (χ4n) is 1.65. The van der Waals surface area contributed by atoms with Gasteiger partial charge in [-0.15, -0.1) is 11.3 Å². The van der Waals surface area contributed by atoms with Gasteiger partial charge in [-0.25, -0.2) is 0 Å². The Labute approximate surface area is 109 Å². The Kier molecular flexibility index (Phi) is 3.62. The van der Waals surface area contributed by atoms with E-state index in [1.165, 1.54) is 10.6 Å². The molecular formula is C13H14N2O2S. The molecule has 0 aliphatic rings. The molecule has 0 N–H and O–H groups in total.